The van der Waals surface area contributed by atoms with Crippen molar-refractivity contribution in [2.75, 3.05) is 25.1 Å². The number of anilines is 1. The zero-order valence-corrected chi connectivity index (χ0v) is 15.3. The number of hydrogen-bond donors (Lipinski definition) is 0. The first-order valence-corrected chi connectivity index (χ1v) is 8.63. The lowest BCUT2D eigenvalue weighted by Crippen LogP contribution is -2.40. The number of fused-ring (bicyclic) bond motifs is 1. The number of rotatable bonds is 5. The van der Waals surface area contributed by atoms with Crippen LogP contribution in [0.4, 0.5) is 10.5 Å². The van der Waals surface area contributed by atoms with Crippen LogP contribution < -0.4 is 4.90 Å². The Morgan fingerprint density at radius 1 is 1.52 bits per heavy atom. The molecular weight excluding hydrogens is 344 g/mol. The number of nitrogens with zero attached hydrogens (tertiary/aromatic N) is 4. The number of urea groups is 1. The highest BCUT2D eigenvalue weighted by Crippen LogP contribution is 2.33. The van der Waals surface area contributed by atoms with Crippen molar-refractivity contribution in [1.82, 2.24) is 15.0 Å². The molecule has 0 spiro atoms. The fourth-order valence-electron chi connectivity index (χ4n) is 2.89. The summed E-state index contributed by atoms with van der Waals surface area (Å²) in [6, 6.07) is 5.48. The second kappa shape index (κ2) is 7.41. The molecule has 2 heterocycles. The molecule has 0 bridgehead atoms. The highest BCUT2D eigenvalue weighted by atomic mass is 35.5. The minimum absolute atomic E-state index is 0.126. The lowest BCUT2D eigenvalue weighted by Gasteiger charge is -2.24. The van der Waals surface area contributed by atoms with E-state index in [-0.39, 0.29) is 18.7 Å². The van der Waals surface area contributed by atoms with E-state index in [1.54, 1.807) is 16.8 Å². The van der Waals surface area contributed by atoms with Crippen LogP contribution in [0.1, 0.15) is 37.2 Å². The quantitative estimate of drug-likeness (QED) is 0.812. The van der Waals surface area contributed by atoms with E-state index in [1.165, 1.54) is 0 Å². The largest absolute Gasteiger partial charge is 0.371 e. The predicted molar refractivity (Wildman–Crippen MR) is 93.7 cm³/mol. The molecule has 0 radical (unpaired) electrons. The molecule has 0 N–H and O–H groups in total. The fraction of sp³-hybridized carbons (Fsp3) is 0.471. The van der Waals surface area contributed by atoms with Crippen LogP contribution in [0.25, 0.3) is 0 Å². The number of hydrogen-bond acceptors (Lipinski definition) is 5. The summed E-state index contributed by atoms with van der Waals surface area (Å²) in [6.07, 6.45) is 0.515. The van der Waals surface area contributed by atoms with E-state index >= 15 is 0 Å². The van der Waals surface area contributed by atoms with Crippen molar-refractivity contribution in [3.05, 3.63) is 40.5 Å². The van der Waals surface area contributed by atoms with Gasteiger partial charge < -0.3 is 14.2 Å². The topological polar surface area (TPSA) is 71.7 Å². The Balaban J connectivity index is 1.68. The molecule has 0 aliphatic carbocycles. The van der Waals surface area contributed by atoms with Crippen molar-refractivity contribution in [1.29, 1.82) is 0 Å². The van der Waals surface area contributed by atoms with E-state index in [4.69, 9.17) is 20.9 Å². The van der Waals surface area contributed by atoms with Crippen LogP contribution in [-0.2, 0) is 17.7 Å². The van der Waals surface area contributed by atoms with Crippen molar-refractivity contribution in [3.8, 4) is 0 Å². The van der Waals surface area contributed by atoms with E-state index < -0.39 is 0 Å². The van der Waals surface area contributed by atoms with E-state index in [0.717, 1.165) is 17.7 Å². The molecule has 0 saturated carbocycles. The number of amides is 2. The van der Waals surface area contributed by atoms with Crippen molar-refractivity contribution < 1.29 is 14.1 Å². The first-order valence-electron chi connectivity index (χ1n) is 8.25. The van der Waals surface area contributed by atoms with Crippen molar-refractivity contribution in [2.45, 2.75) is 32.9 Å². The van der Waals surface area contributed by atoms with Crippen molar-refractivity contribution in [2.24, 2.45) is 0 Å². The number of benzene rings is 1. The van der Waals surface area contributed by atoms with Gasteiger partial charge >= 0.3 is 6.03 Å². The van der Waals surface area contributed by atoms with Crippen LogP contribution in [0.15, 0.2) is 22.7 Å². The minimum atomic E-state index is -0.240. The standard InChI is InChI=1S/C17H21ClN4O3/c1-4-24-11(2)16-19-15(25-20-16)10-21(3)17(23)22-9-8-12-13(18)6-5-7-14(12)22/h5-7,11H,4,8-10H2,1-3H3. The van der Waals surface area contributed by atoms with Gasteiger partial charge in [-0.3, -0.25) is 4.90 Å². The molecular formula is C17H21ClN4O3. The number of aromatic nitrogens is 2. The third-order valence-electron chi connectivity index (χ3n) is 4.16. The molecule has 3 rings (SSSR count). The van der Waals surface area contributed by atoms with Crippen LogP contribution in [-0.4, -0.2) is 41.3 Å². The van der Waals surface area contributed by atoms with Gasteiger partial charge in [-0.2, -0.15) is 4.98 Å². The first kappa shape index (κ1) is 17.7. The maximum absolute atomic E-state index is 12.8. The summed E-state index contributed by atoms with van der Waals surface area (Å²) in [6.45, 7) is 5.18. The molecule has 1 aromatic heterocycles. The molecule has 1 aliphatic rings. The van der Waals surface area contributed by atoms with E-state index in [9.17, 15) is 4.79 Å². The molecule has 0 fully saturated rings. The number of carbonyl (C=O) groups excluding carboxylic acids is 1. The average molecular weight is 365 g/mol. The Morgan fingerprint density at radius 2 is 2.32 bits per heavy atom. The molecule has 134 valence electrons. The summed E-state index contributed by atoms with van der Waals surface area (Å²) in [5.41, 5.74) is 1.87. The second-order valence-electron chi connectivity index (χ2n) is 5.92. The van der Waals surface area contributed by atoms with Crippen LogP contribution in [0, 0.1) is 0 Å². The average Bonchev–Trinajstić information content (AvgIpc) is 3.22. The van der Waals surface area contributed by atoms with Gasteiger partial charge in [-0.15, -0.1) is 0 Å². The van der Waals surface area contributed by atoms with Gasteiger partial charge in [-0.25, -0.2) is 4.79 Å². The zero-order chi connectivity index (χ0) is 18.0. The second-order valence-corrected chi connectivity index (χ2v) is 6.33. The van der Waals surface area contributed by atoms with Crippen LogP contribution in [0.3, 0.4) is 0 Å². The summed E-state index contributed by atoms with van der Waals surface area (Å²) in [4.78, 5) is 20.3. The highest BCUT2D eigenvalue weighted by Gasteiger charge is 2.29. The van der Waals surface area contributed by atoms with Gasteiger partial charge in [0.05, 0.1) is 5.69 Å². The normalized spacial score (nSPS) is 14.5. The Bertz CT molecular complexity index is 764. The number of halogens is 1. The smallest absolute Gasteiger partial charge is 0.324 e. The Labute approximate surface area is 151 Å². The third-order valence-corrected chi connectivity index (χ3v) is 4.52. The lowest BCUT2D eigenvalue weighted by molar-refractivity contribution is 0.0683. The summed E-state index contributed by atoms with van der Waals surface area (Å²) in [5.74, 6) is 0.860. The van der Waals surface area contributed by atoms with Gasteiger partial charge in [0, 0.05) is 25.2 Å². The number of carbonyl (C=O) groups is 1. The van der Waals surface area contributed by atoms with Gasteiger partial charge in [-0.05, 0) is 38.0 Å². The Hall–Kier alpha value is -2.12. The van der Waals surface area contributed by atoms with Crippen molar-refractivity contribution >= 4 is 23.3 Å². The van der Waals surface area contributed by atoms with Gasteiger partial charge in [0.15, 0.2) is 5.82 Å². The minimum Gasteiger partial charge on any atom is -0.371 e. The Kier molecular flexibility index (Phi) is 5.24. The first-order chi connectivity index (χ1) is 12.0. The number of ether oxygens (including phenoxy) is 1. The van der Waals surface area contributed by atoms with Crippen molar-refractivity contribution in [3.63, 3.8) is 0 Å². The van der Waals surface area contributed by atoms with Crippen LogP contribution in [0.2, 0.25) is 5.02 Å². The molecule has 25 heavy (non-hydrogen) atoms. The van der Waals surface area contributed by atoms with Crippen LogP contribution in [0.5, 0.6) is 0 Å². The molecule has 1 aliphatic heterocycles. The molecule has 1 aromatic carbocycles. The van der Waals surface area contributed by atoms with Gasteiger partial charge in [-0.1, -0.05) is 22.8 Å². The molecule has 1 atom stereocenters. The molecule has 2 aromatic rings. The van der Waals surface area contributed by atoms with E-state index in [1.807, 2.05) is 32.0 Å². The summed E-state index contributed by atoms with van der Waals surface area (Å²) in [7, 11) is 1.71. The van der Waals surface area contributed by atoms with E-state index in [2.05, 4.69) is 10.1 Å². The highest BCUT2D eigenvalue weighted by molar-refractivity contribution is 6.32. The zero-order valence-electron chi connectivity index (χ0n) is 14.5. The van der Waals surface area contributed by atoms with Gasteiger partial charge in [0.1, 0.15) is 12.6 Å². The summed E-state index contributed by atoms with van der Waals surface area (Å²) < 4.78 is 10.7. The predicted octanol–water partition coefficient (Wildman–Crippen LogP) is 3.44. The maximum atomic E-state index is 12.8. The van der Waals surface area contributed by atoms with E-state index in [0.29, 0.717) is 29.9 Å². The molecule has 0 saturated heterocycles. The third kappa shape index (κ3) is 3.62. The monoisotopic (exact) mass is 364 g/mol. The lowest BCUT2D eigenvalue weighted by atomic mass is 10.2. The SMILES string of the molecule is CCOC(C)c1noc(CN(C)C(=O)N2CCc3c(Cl)cccc32)n1. The fourth-order valence-corrected chi connectivity index (χ4v) is 3.15. The maximum Gasteiger partial charge on any atom is 0.324 e. The van der Waals surface area contributed by atoms with Crippen LogP contribution >= 0.6 is 11.6 Å². The molecule has 2 amide bonds. The molecule has 8 heteroatoms. The molecule has 1 unspecified atom stereocenters. The van der Waals surface area contributed by atoms with Gasteiger partial charge in [0.2, 0.25) is 5.89 Å². The molecule has 7 nitrogen and oxygen atoms in total. The van der Waals surface area contributed by atoms with Gasteiger partial charge in [0.25, 0.3) is 0 Å². The summed E-state index contributed by atoms with van der Waals surface area (Å²) >= 11 is 6.21. The Morgan fingerprint density at radius 3 is 3.08 bits per heavy atom. The summed E-state index contributed by atoms with van der Waals surface area (Å²) in [5, 5.41) is 4.61.